The van der Waals surface area contributed by atoms with Gasteiger partial charge in [0.2, 0.25) is 0 Å². The molecule has 1 saturated heterocycles. The molecule has 1 aliphatic heterocycles. The maximum Gasteiger partial charge on any atom is 0.160 e. The van der Waals surface area contributed by atoms with Crippen LogP contribution < -0.4 is 0 Å². The number of ether oxygens (including phenoxy) is 1. The maximum absolute atomic E-state index is 5.52. The molecule has 0 spiro atoms. The predicted octanol–water partition coefficient (Wildman–Crippen LogP) is 3.37. The van der Waals surface area contributed by atoms with Gasteiger partial charge in [0.05, 0.1) is 6.54 Å². The Balaban J connectivity index is 1.71. The van der Waals surface area contributed by atoms with Gasteiger partial charge in [-0.3, -0.25) is 0 Å². The van der Waals surface area contributed by atoms with Crippen molar-refractivity contribution in [2.75, 3.05) is 13.2 Å². The lowest BCUT2D eigenvalue weighted by molar-refractivity contribution is 0.185. The van der Waals surface area contributed by atoms with Crippen molar-refractivity contribution in [1.29, 1.82) is 0 Å². The summed E-state index contributed by atoms with van der Waals surface area (Å²) in [5, 5.41) is 0. The third-order valence-corrected chi connectivity index (χ3v) is 4.54. The molecule has 1 aromatic carbocycles. The van der Waals surface area contributed by atoms with E-state index in [9.17, 15) is 0 Å². The van der Waals surface area contributed by atoms with Crippen molar-refractivity contribution < 1.29 is 4.74 Å². The molecule has 0 amide bonds. The number of hydrogen-bond donors (Lipinski definition) is 0. The number of benzene rings is 1. The average Bonchev–Trinajstić information content (AvgIpc) is 3.19. The quantitative estimate of drug-likeness (QED) is 0.742. The van der Waals surface area contributed by atoms with E-state index in [4.69, 9.17) is 9.72 Å². The fourth-order valence-corrected chi connectivity index (χ4v) is 3.21. The van der Waals surface area contributed by atoms with Crippen LogP contribution in [0.1, 0.15) is 23.4 Å². The fourth-order valence-electron chi connectivity index (χ4n) is 3.21. The zero-order valence-electron chi connectivity index (χ0n) is 13.4. The van der Waals surface area contributed by atoms with Gasteiger partial charge in [0.1, 0.15) is 11.3 Å². The van der Waals surface area contributed by atoms with Crippen LogP contribution in [0.3, 0.4) is 0 Å². The van der Waals surface area contributed by atoms with Gasteiger partial charge < -0.3 is 9.30 Å². The highest BCUT2D eigenvalue weighted by Crippen LogP contribution is 2.22. The molecule has 118 valence electrons. The molecule has 1 atom stereocenters. The largest absolute Gasteiger partial charge is 0.381 e. The van der Waals surface area contributed by atoms with Crippen molar-refractivity contribution >= 4 is 11.2 Å². The van der Waals surface area contributed by atoms with E-state index in [0.29, 0.717) is 5.92 Å². The van der Waals surface area contributed by atoms with Crippen molar-refractivity contribution in [1.82, 2.24) is 14.5 Å². The van der Waals surface area contributed by atoms with Gasteiger partial charge >= 0.3 is 0 Å². The molecule has 3 aromatic rings. The Bertz CT molecular complexity index is 801. The van der Waals surface area contributed by atoms with Gasteiger partial charge in [-0.05, 0) is 37.0 Å². The lowest BCUT2D eigenvalue weighted by Gasteiger charge is -2.11. The Hall–Kier alpha value is -2.20. The number of aromatic nitrogens is 3. The highest BCUT2D eigenvalue weighted by Gasteiger charge is 2.20. The van der Waals surface area contributed by atoms with Crippen molar-refractivity contribution in [3.8, 4) is 0 Å². The maximum atomic E-state index is 5.52. The van der Waals surface area contributed by atoms with Crippen LogP contribution in [0.25, 0.3) is 11.2 Å². The van der Waals surface area contributed by atoms with Crippen LogP contribution in [0, 0.1) is 12.8 Å². The Labute approximate surface area is 136 Å². The summed E-state index contributed by atoms with van der Waals surface area (Å²) in [5.74, 6) is 1.69. The first kappa shape index (κ1) is 14.4. The van der Waals surface area contributed by atoms with Crippen LogP contribution in [0.5, 0.6) is 0 Å². The smallest absolute Gasteiger partial charge is 0.160 e. The third-order valence-electron chi connectivity index (χ3n) is 4.54. The molecular formula is C19H21N3O. The molecule has 0 radical (unpaired) electrons. The molecule has 1 unspecified atom stereocenters. The molecule has 4 nitrogen and oxygen atoms in total. The normalized spacial score (nSPS) is 17.9. The topological polar surface area (TPSA) is 39.9 Å². The summed E-state index contributed by atoms with van der Waals surface area (Å²) in [6.07, 6.45) is 3.93. The monoisotopic (exact) mass is 307 g/mol. The van der Waals surface area contributed by atoms with E-state index in [2.05, 4.69) is 40.7 Å². The highest BCUT2D eigenvalue weighted by molar-refractivity contribution is 5.71. The van der Waals surface area contributed by atoms with Crippen molar-refractivity contribution in [2.45, 2.75) is 26.3 Å². The minimum Gasteiger partial charge on any atom is -0.381 e. The second-order valence-electron chi connectivity index (χ2n) is 6.38. The Morgan fingerprint density at radius 1 is 1.22 bits per heavy atom. The summed E-state index contributed by atoms with van der Waals surface area (Å²) >= 11 is 0. The number of aryl methyl sites for hydroxylation is 1. The lowest BCUT2D eigenvalue weighted by Crippen LogP contribution is -2.11. The molecule has 1 fully saturated rings. The molecule has 3 heterocycles. The van der Waals surface area contributed by atoms with Crippen LogP contribution in [0.4, 0.5) is 0 Å². The average molecular weight is 307 g/mol. The van der Waals surface area contributed by atoms with E-state index < -0.39 is 0 Å². The molecule has 0 N–H and O–H groups in total. The third kappa shape index (κ3) is 2.99. The summed E-state index contributed by atoms with van der Waals surface area (Å²) in [6.45, 7) is 4.66. The van der Waals surface area contributed by atoms with E-state index in [1.165, 1.54) is 11.1 Å². The Morgan fingerprint density at radius 3 is 2.87 bits per heavy atom. The predicted molar refractivity (Wildman–Crippen MR) is 90.4 cm³/mol. The van der Waals surface area contributed by atoms with E-state index in [-0.39, 0.29) is 0 Å². The van der Waals surface area contributed by atoms with Crippen molar-refractivity contribution in [3.05, 3.63) is 59.5 Å². The number of imidazole rings is 1. The van der Waals surface area contributed by atoms with Crippen LogP contribution in [0.15, 0.2) is 42.6 Å². The summed E-state index contributed by atoms with van der Waals surface area (Å²) in [7, 11) is 0. The fraction of sp³-hybridized carbons (Fsp3) is 0.368. The summed E-state index contributed by atoms with van der Waals surface area (Å²) < 4.78 is 7.78. The first-order valence-corrected chi connectivity index (χ1v) is 8.23. The van der Waals surface area contributed by atoms with Gasteiger partial charge in [0, 0.05) is 25.8 Å². The molecule has 23 heavy (non-hydrogen) atoms. The zero-order valence-corrected chi connectivity index (χ0v) is 13.4. The molecular weight excluding hydrogens is 286 g/mol. The molecule has 4 heteroatoms. The summed E-state index contributed by atoms with van der Waals surface area (Å²) in [6, 6.07) is 12.7. The van der Waals surface area contributed by atoms with E-state index in [1.807, 2.05) is 18.3 Å². The lowest BCUT2D eigenvalue weighted by atomic mass is 10.0. The second-order valence-corrected chi connectivity index (χ2v) is 6.38. The first-order valence-electron chi connectivity index (χ1n) is 8.23. The van der Waals surface area contributed by atoms with E-state index in [1.54, 1.807) is 0 Å². The minimum absolute atomic E-state index is 0.573. The van der Waals surface area contributed by atoms with Crippen molar-refractivity contribution in [2.24, 2.45) is 5.92 Å². The van der Waals surface area contributed by atoms with Crippen LogP contribution >= 0.6 is 0 Å². The molecule has 0 aliphatic carbocycles. The number of hydrogen-bond acceptors (Lipinski definition) is 3. The molecule has 0 bridgehead atoms. The van der Waals surface area contributed by atoms with Crippen LogP contribution in [-0.2, 0) is 17.7 Å². The van der Waals surface area contributed by atoms with E-state index in [0.717, 1.165) is 49.6 Å². The van der Waals surface area contributed by atoms with Crippen LogP contribution in [-0.4, -0.2) is 27.7 Å². The number of nitrogens with zero attached hydrogens (tertiary/aromatic N) is 3. The first-order chi connectivity index (χ1) is 11.3. The number of pyridine rings is 1. The zero-order chi connectivity index (χ0) is 15.6. The van der Waals surface area contributed by atoms with Gasteiger partial charge in [-0.1, -0.05) is 29.8 Å². The molecule has 0 saturated carbocycles. The minimum atomic E-state index is 0.573. The van der Waals surface area contributed by atoms with E-state index >= 15 is 0 Å². The SMILES string of the molecule is Cc1ccc(Cn2c(CC3CCOC3)nc3cccnc32)cc1. The molecule has 4 rings (SSSR count). The Morgan fingerprint density at radius 2 is 2.09 bits per heavy atom. The highest BCUT2D eigenvalue weighted by atomic mass is 16.5. The second kappa shape index (κ2) is 6.13. The summed E-state index contributed by atoms with van der Waals surface area (Å²) in [4.78, 5) is 9.39. The van der Waals surface area contributed by atoms with Crippen LogP contribution in [0.2, 0.25) is 0 Å². The van der Waals surface area contributed by atoms with Gasteiger partial charge in [-0.2, -0.15) is 0 Å². The molecule has 2 aromatic heterocycles. The standard InChI is InChI=1S/C19H21N3O/c1-14-4-6-15(7-5-14)12-22-18(11-16-8-10-23-13-16)21-17-3-2-9-20-19(17)22/h2-7,9,16H,8,10-13H2,1H3. The Kier molecular flexibility index (Phi) is 3.83. The van der Waals surface area contributed by atoms with Gasteiger partial charge in [-0.25, -0.2) is 9.97 Å². The van der Waals surface area contributed by atoms with Gasteiger partial charge in [0.15, 0.2) is 5.65 Å². The number of fused-ring (bicyclic) bond motifs is 1. The van der Waals surface area contributed by atoms with Gasteiger partial charge in [0.25, 0.3) is 0 Å². The molecule has 1 aliphatic rings. The van der Waals surface area contributed by atoms with Crippen molar-refractivity contribution in [3.63, 3.8) is 0 Å². The summed E-state index contributed by atoms with van der Waals surface area (Å²) in [5.41, 5.74) is 4.52. The van der Waals surface area contributed by atoms with Gasteiger partial charge in [-0.15, -0.1) is 0 Å². The number of rotatable bonds is 4.